The fourth-order valence-electron chi connectivity index (χ4n) is 1.76. The van der Waals surface area contributed by atoms with Gasteiger partial charge in [0, 0.05) is 0 Å². The van der Waals surface area contributed by atoms with E-state index in [1.807, 2.05) is 0 Å². The Balaban J connectivity index is 2.12. The van der Waals surface area contributed by atoms with E-state index in [4.69, 9.17) is 25.7 Å². The van der Waals surface area contributed by atoms with E-state index in [1.54, 1.807) is 6.92 Å². The van der Waals surface area contributed by atoms with Gasteiger partial charge in [0.2, 0.25) is 0 Å². The first kappa shape index (κ1) is 14.0. The molecule has 2 atom stereocenters. The lowest BCUT2D eigenvalue weighted by atomic mass is 10.3. The van der Waals surface area contributed by atoms with E-state index < -0.39 is 26.5 Å². The van der Waals surface area contributed by atoms with E-state index in [9.17, 15) is 4.57 Å². The van der Waals surface area contributed by atoms with Crippen molar-refractivity contribution >= 4 is 19.2 Å². The molecule has 1 aliphatic rings. The Morgan fingerprint density at radius 1 is 1.74 bits per heavy atom. The molecule has 1 aromatic rings. The molecule has 7 N–H and O–H groups in total. The SMILES string of the molecule is CC(OCP(=O)(O)O)N1C(=N)c2[nH]cnc2NC1N. The predicted molar refractivity (Wildman–Crippen MR) is 66.3 cm³/mol. The number of fused-ring (bicyclic) bond motifs is 1. The molecule has 19 heavy (non-hydrogen) atoms. The number of anilines is 1. The Labute approximate surface area is 108 Å². The van der Waals surface area contributed by atoms with Crippen molar-refractivity contribution in [3.63, 3.8) is 0 Å². The molecule has 0 fully saturated rings. The number of imidazole rings is 1. The molecule has 0 spiro atoms. The number of hydrogen-bond acceptors (Lipinski definition) is 6. The summed E-state index contributed by atoms with van der Waals surface area (Å²) in [5, 5.41) is 10.8. The average molecular weight is 290 g/mol. The molecule has 2 rings (SSSR count). The highest BCUT2D eigenvalue weighted by Gasteiger charge is 2.33. The molecule has 10 nitrogen and oxygen atoms in total. The summed E-state index contributed by atoms with van der Waals surface area (Å²) >= 11 is 0. The molecule has 1 aromatic heterocycles. The summed E-state index contributed by atoms with van der Waals surface area (Å²) in [6.07, 6.45) is -0.862. The average Bonchev–Trinajstić information content (AvgIpc) is 2.73. The van der Waals surface area contributed by atoms with Crippen LogP contribution < -0.4 is 11.1 Å². The van der Waals surface area contributed by atoms with Crippen LogP contribution in [0.25, 0.3) is 0 Å². The Bertz CT molecular complexity index is 527. The lowest BCUT2D eigenvalue weighted by Gasteiger charge is -2.38. The van der Waals surface area contributed by atoms with Crippen molar-refractivity contribution in [2.24, 2.45) is 5.73 Å². The van der Waals surface area contributed by atoms with Gasteiger partial charge in [-0.15, -0.1) is 0 Å². The number of H-pyrrole nitrogens is 1. The number of nitrogens with two attached hydrogens (primary N) is 1. The van der Waals surface area contributed by atoms with Crippen molar-refractivity contribution in [3.05, 3.63) is 12.0 Å². The maximum atomic E-state index is 10.8. The summed E-state index contributed by atoms with van der Waals surface area (Å²) in [5.74, 6) is 0.493. The summed E-state index contributed by atoms with van der Waals surface area (Å²) in [6, 6.07) is 0. The van der Waals surface area contributed by atoms with Crippen LogP contribution in [0.1, 0.15) is 12.6 Å². The quantitative estimate of drug-likeness (QED) is 0.393. The van der Waals surface area contributed by atoms with Crippen LogP contribution in [0.4, 0.5) is 5.82 Å². The van der Waals surface area contributed by atoms with E-state index in [0.29, 0.717) is 11.5 Å². The van der Waals surface area contributed by atoms with Gasteiger partial charge < -0.3 is 24.8 Å². The number of rotatable bonds is 4. The van der Waals surface area contributed by atoms with Gasteiger partial charge in [-0.05, 0) is 6.92 Å². The number of hydrogen-bond donors (Lipinski definition) is 6. The van der Waals surface area contributed by atoms with Crippen molar-refractivity contribution in [3.8, 4) is 0 Å². The molecule has 0 amide bonds. The summed E-state index contributed by atoms with van der Waals surface area (Å²) in [6.45, 7) is 1.55. The zero-order valence-electron chi connectivity index (χ0n) is 10.1. The number of nitrogens with zero attached hydrogens (tertiary/aromatic N) is 2. The monoisotopic (exact) mass is 290 g/mol. The van der Waals surface area contributed by atoms with E-state index in [2.05, 4.69) is 15.3 Å². The minimum absolute atomic E-state index is 0.0389. The Hall–Kier alpha value is -1.45. The van der Waals surface area contributed by atoms with Gasteiger partial charge >= 0.3 is 7.60 Å². The van der Waals surface area contributed by atoms with E-state index >= 15 is 0 Å². The van der Waals surface area contributed by atoms with Crippen LogP contribution in [0.15, 0.2) is 6.33 Å². The number of amidine groups is 1. The number of aromatic amines is 1. The van der Waals surface area contributed by atoms with Gasteiger partial charge in [0.15, 0.2) is 24.3 Å². The van der Waals surface area contributed by atoms with Gasteiger partial charge in [-0.1, -0.05) is 0 Å². The molecule has 0 aliphatic carbocycles. The third kappa shape index (κ3) is 2.94. The molecule has 11 heteroatoms. The normalized spacial score (nSPS) is 20.9. The van der Waals surface area contributed by atoms with E-state index in [-0.39, 0.29) is 5.84 Å². The van der Waals surface area contributed by atoms with Gasteiger partial charge in [0.1, 0.15) is 11.9 Å². The van der Waals surface area contributed by atoms with E-state index in [1.165, 1.54) is 11.2 Å². The van der Waals surface area contributed by atoms with Crippen LogP contribution in [-0.2, 0) is 9.30 Å². The van der Waals surface area contributed by atoms with Crippen molar-refractivity contribution < 1.29 is 19.1 Å². The fourth-order valence-corrected chi connectivity index (χ4v) is 2.17. The van der Waals surface area contributed by atoms with Gasteiger partial charge in [0.25, 0.3) is 0 Å². The summed E-state index contributed by atoms with van der Waals surface area (Å²) in [4.78, 5) is 25.6. The first-order chi connectivity index (χ1) is 8.79. The molecule has 0 aromatic carbocycles. The van der Waals surface area contributed by atoms with Crippen LogP contribution in [0, 0.1) is 5.41 Å². The van der Waals surface area contributed by atoms with Crippen LogP contribution in [-0.4, -0.2) is 49.4 Å². The Morgan fingerprint density at radius 3 is 3.05 bits per heavy atom. The molecule has 0 radical (unpaired) electrons. The van der Waals surface area contributed by atoms with Crippen molar-refractivity contribution in [2.75, 3.05) is 11.7 Å². The molecule has 0 saturated carbocycles. The molecule has 0 bridgehead atoms. The van der Waals surface area contributed by atoms with Gasteiger partial charge in [0.05, 0.1) is 6.33 Å². The predicted octanol–water partition coefficient (Wildman–Crippen LogP) is -0.797. The first-order valence-corrected chi connectivity index (χ1v) is 7.18. The van der Waals surface area contributed by atoms with E-state index in [0.717, 1.165) is 0 Å². The second kappa shape index (κ2) is 4.91. The molecular weight excluding hydrogens is 275 g/mol. The summed E-state index contributed by atoms with van der Waals surface area (Å²) in [5.41, 5.74) is 6.27. The minimum atomic E-state index is -4.27. The molecule has 0 saturated heterocycles. The number of nitrogens with one attached hydrogen (secondary N) is 3. The summed E-state index contributed by atoms with van der Waals surface area (Å²) < 4.78 is 15.8. The zero-order valence-corrected chi connectivity index (χ0v) is 11.0. The van der Waals surface area contributed by atoms with Crippen LogP contribution >= 0.6 is 7.60 Å². The molecule has 1 aliphatic heterocycles. The molecule has 106 valence electrons. The zero-order chi connectivity index (χ0) is 14.2. The highest BCUT2D eigenvalue weighted by Crippen LogP contribution is 2.35. The molecule has 2 unspecified atom stereocenters. The highest BCUT2D eigenvalue weighted by atomic mass is 31.2. The van der Waals surface area contributed by atoms with Crippen molar-refractivity contribution in [1.29, 1.82) is 5.41 Å². The van der Waals surface area contributed by atoms with Crippen LogP contribution in [0.3, 0.4) is 0 Å². The standard InChI is InChI=1S/C8H15N6O4P/c1-4(18-3-19(15,16)17)14-6(9)5-7(12-2-11-5)13-8(14)10/h2,4,8-9,13H,3,10H2,1H3,(H,11,12)(H2,15,16,17). The smallest absolute Gasteiger partial charge is 0.346 e. The fraction of sp³-hybridized carbons (Fsp3) is 0.500. The third-order valence-corrected chi connectivity index (χ3v) is 3.08. The highest BCUT2D eigenvalue weighted by molar-refractivity contribution is 7.51. The van der Waals surface area contributed by atoms with Gasteiger partial charge in [-0.2, -0.15) is 0 Å². The van der Waals surface area contributed by atoms with Gasteiger partial charge in [-0.25, -0.2) is 4.98 Å². The second-order valence-corrected chi connectivity index (χ2v) is 5.62. The number of aromatic nitrogens is 2. The van der Waals surface area contributed by atoms with Gasteiger partial charge in [-0.3, -0.25) is 20.6 Å². The van der Waals surface area contributed by atoms with Crippen LogP contribution in [0.2, 0.25) is 0 Å². The third-order valence-electron chi connectivity index (χ3n) is 2.59. The lowest BCUT2D eigenvalue weighted by Crippen LogP contribution is -2.58. The topological polar surface area (TPSA) is 161 Å². The second-order valence-electron chi connectivity index (χ2n) is 4.03. The number of ether oxygens (including phenoxy) is 1. The first-order valence-electron chi connectivity index (χ1n) is 5.38. The molecular formula is C8H15N6O4P. The Kier molecular flexibility index (Phi) is 3.61. The largest absolute Gasteiger partial charge is 0.351 e. The minimum Gasteiger partial charge on any atom is -0.346 e. The van der Waals surface area contributed by atoms with Crippen molar-refractivity contribution in [1.82, 2.24) is 14.9 Å². The van der Waals surface area contributed by atoms with Crippen LogP contribution in [0.5, 0.6) is 0 Å². The maximum absolute atomic E-state index is 10.8. The summed E-state index contributed by atoms with van der Waals surface area (Å²) in [7, 11) is -4.27. The molecule has 2 heterocycles. The lowest BCUT2D eigenvalue weighted by molar-refractivity contribution is -0.0102. The van der Waals surface area contributed by atoms with Crippen molar-refractivity contribution in [2.45, 2.75) is 19.4 Å². The maximum Gasteiger partial charge on any atom is 0.351 e. The Morgan fingerprint density at radius 2 is 2.42 bits per heavy atom.